The fourth-order valence-corrected chi connectivity index (χ4v) is 1.78. The second-order valence-corrected chi connectivity index (χ2v) is 4.11. The average molecular weight is 245 g/mol. The predicted octanol–water partition coefficient (Wildman–Crippen LogP) is 1.68. The maximum Gasteiger partial charge on any atom is 0.330 e. The Labute approximate surface area is 106 Å². The number of esters is 1. The molecule has 1 aromatic rings. The van der Waals surface area contributed by atoms with E-state index in [1.54, 1.807) is 18.2 Å². The first kappa shape index (κ1) is 12.4. The predicted molar refractivity (Wildman–Crippen MR) is 67.0 cm³/mol. The van der Waals surface area contributed by atoms with E-state index >= 15 is 0 Å². The molecule has 4 heteroatoms. The molecule has 1 N–H and O–H groups in total. The van der Waals surface area contributed by atoms with Crippen molar-refractivity contribution in [2.45, 2.75) is 18.9 Å². The van der Waals surface area contributed by atoms with Gasteiger partial charge in [-0.05, 0) is 12.1 Å². The highest BCUT2D eigenvalue weighted by Crippen LogP contribution is 2.10. The van der Waals surface area contributed by atoms with Crippen LogP contribution >= 0.6 is 0 Å². The van der Waals surface area contributed by atoms with Gasteiger partial charge in [-0.15, -0.1) is 0 Å². The molecule has 1 aliphatic heterocycles. The number of amides is 1. The summed E-state index contributed by atoms with van der Waals surface area (Å²) < 4.78 is 5.10. The number of rotatable bonds is 4. The zero-order chi connectivity index (χ0) is 12.8. The summed E-state index contributed by atoms with van der Waals surface area (Å²) in [5.41, 5.74) is 0.637. The molecule has 0 aliphatic carbocycles. The van der Waals surface area contributed by atoms with Crippen LogP contribution in [-0.2, 0) is 9.53 Å². The molecule has 0 fully saturated rings. The minimum Gasteiger partial charge on any atom is -0.459 e. The monoisotopic (exact) mass is 245 g/mol. The van der Waals surface area contributed by atoms with E-state index in [1.165, 1.54) is 6.08 Å². The first-order valence-corrected chi connectivity index (χ1v) is 5.96. The van der Waals surface area contributed by atoms with Crippen molar-refractivity contribution < 1.29 is 14.3 Å². The lowest BCUT2D eigenvalue weighted by Gasteiger charge is -2.18. The van der Waals surface area contributed by atoms with Crippen molar-refractivity contribution in [3.05, 3.63) is 48.0 Å². The van der Waals surface area contributed by atoms with E-state index < -0.39 is 0 Å². The van der Waals surface area contributed by atoms with Crippen LogP contribution in [-0.4, -0.2) is 24.5 Å². The van der Waals surface area contributed by atoms with E-state index in [0.29, 0.717) is 24.9 Å². The van der Waals surface area contributed by atoms with Gasteiger partial charge >= 0.3 is 5.97 Å². The van der Waals surface area contributed by atoms with E-state index in [1.807, 2.05) is 18.2 Å². The Hall–Kier alpha value is -2.10. The molecule has 2 rings (SSSR count). The Morgan fingerprint density at radius 1 is 1.33 bits per heavy atom. The number of hydrogen-bond donors (Lipinski definition) is 1. The molecule has 1 aliphatic rings. The highest BCUT2D eigenvalue weighted by atomic mass is 16.5. The molecule has 0 saturated carbocycles. The normalized spacial score (nSPS) is 18.2. The largest absolute Gasteiger partial charge is 0.459 e. The summed E-state index contributed by atoms with van der Waals surface area (Å²) in [7, 11) is 0. The van der Waals surface area contributed by atoms with Gasteiger partial charge in [0.1, 0.15) is 6.10 Å². The van der Waals surface area contributed by atoms with Crippen LogP contribution in [0.3, 0.4) is 0 Å². The first-order valence-electron chi connectivity index (χ1n) is 5.96. The third-order valence-electron chi connectivity index (χ3n) is 2.72. The minimum absolute atomic E-state index is 0.103. The van der Waals surface area contributed by atoms with Crippen molar-refractivity contribution in [1.82, 2.24) is 5.32 Å². The van der Waals surface area contributed by atoms with Crippen LogP contribution in [0.1, 0.15) is 23.2 Å². The topological polar surface area (TPSA) is 55.4 Å². The Balaban J connectivity index is 1.74. The number of carbonyl (C=O) groups is 2. The molecule has 94 valence electrons. The summed E-state index contributed by atoms with van der Waals surface area (Å²) in [6, 6.07) is 9.03. The van der Waals surface area contributed by atoms with Gasteiger partial charge in [0.05, 0.1) is 0 Å². The zero-order valence-corrected chi connectivity index (χ0v) is 9.96. The maximum atomic E-state index is 11.7. The molecule has 0 unspecified atom stereocenters. The molecular weight excluding hydrogens is 230 g/mol. The molecule has 1 aromatic carbocycles. The van der Waals surface area contributed by atoms with Crippen molar-refractivity contribution in [3.8, 4) is 0 Å². The van der Waals surface area contributed by atoms with Gasteiger partial charge in [-0.1, -0.05) is 24.3 Å². The molecule has 0 spiro atoms. The van der Waals surface area contributed by atoms with Crippen LogP contribution in [0, 0.1) is 0 Å². The maximum absolute atomic E-state index is 11.7. The quantitative estimate of drug-likeness (QED) is 0.821. The molecule has 0 bridgehead atoms. The summed E-state index contributed by atoms with van der Waals surface area (Å²) in [6.07, 6.45) is 4.45. The van der Waals surface area contributed by atoms with Crippen molar-refractivity contribution in [2.24, 2.45) is 0 Å². The molecule has 0 radical (unpaired) electrons. The van der Waals surface area contributed by atoms with Gasteiger partial charge in [0.25, 0.3) is 5.91 Å². The van der Waals surface area contributed by atoms with E-state index in [2.05, 4.69) is 5.32 Å². The average Bonchev–Trinajstić information content (AvgIpc) is 2.40. The van der Waals surface area contributed by atoms with Gasteiger partial charge in [0.15, 0.2) is 0 Å². The molecule has 1 heterocycles. The lowest BCUT2D eigenvalue weighted by molar-refractivity contribution is -0.144. The first-order chi connectivity index (χ1) is 8.75. The van der Waals surface area contributed by atoms with Crippen molar-refractivity contribution in [2.75, 3.05) is 6.54 Å². The van der Waals surface area contributed by atoms with Gasteiger partial charge < -0.3 is 10.1 Å². The highest BCUT2D eigenvalue weighted by Gasteiger charge is 2.15. The Morgan fingerprint density at radius 2 is 2.11 bits per heavy atom. The van der Waals surface area contributed by atoms with Gasteiger partial charge in [-0.25, -0.2) is 4.79 Å². The van der Waals surface area contributed by atoms with E-state index in [-0.39, 0.29) is 18.0 Å². The van der Waals surface area contributed by atoms with E-state index in [0.717, 1.165) is 0 Å². The summed E-state index contributed by atoms with van der Waals surface area (Å²) in [4.78, 5) is 22.7. The number of carbonyl (C=O) groups excluding carboxylic acids is 2. The molecule has 1 amide bonds. The molecule has 1 atom stereocenters. The van der Waals surface area contributed by atoms with Crippen LogP contribution < -0.4 is 5.32 Å². The summed E-state index contributed by atoms with van der Waals surface area (Å²) in [5.74, 6) is -0.408. The number of benzene rings is 1. The van der Waals surface area contributed by atoms with Crippen LogP contribution in [0.15, 0.2) is 42.5 Å². The summed E-state index contributed by atoms with van der Waals surface area (Å²) in [6.45, 7) is 0.500. The van der Waals surface area contributed by atoms with Gasteiger partial charge in [0.2, 0.25) is 0 Å². The van der Waals surface area contributed by atoms with Crippen molar-refractivity contribution in [3.63, 3.8) is 0 Å². The molecule has 4 nitrogen and oxygen atoms in total. The lowest BCUT2D eigenvalue weighted by atomic mass is 10.1. The Kier molecular flexibility index (Phi) is 4.12. The fraction of sp³-hybridized carbons (Fsp3) is 0.286. The number of cyclic esters (lactones) is 1. The Bertz CT molecular complexity index is 453. The molecule has 18 heavy (non-hydrogen) atoms. The third kappa shape index (κ3) is 3.45. The number of ether oxygens (including phenoxy) is 1. The Morgan fingerprint density at radius 3 is 2.83 bits per heavy atom. The minimum atomic E-state index is -0.305. The SMILES string of the molecule is O=C1C=CC[C@H](CCNC(=O)c2ccccc2)O1. The van der Waals surface area contributed by atoms with Gasteiger partial charge in [0, 0.05) is 31.0 Å². The van der Waals surface area contributed by atoms with Crippen LogP contribution in [0.5, 0.6) is 0 Å². The van der Waals surface area contributed by atoms with Crippen LogP contribution in [0.4, 0.5) is 0 Å². The lowest BCUT2D eigenvalue weighted by Crippen LogP contribution is -2.29. The van der Waals surface area contributed by atoms with Crippen molar-refractivity contribution >= 4 is 11.9 Å². The van der Waals surface area contributed by atoms with Crippen LogP contribution in [0.2, 0.25) is 0 Å². The second kappa shape index (κ2) is 6.00. The molecular formula is C14H15NO3. The second-order valence-electron chi connectivity index (χ2n) is 4.11. The number of nitrogens with one attached hydrogen (secondary N) is 1. The summed E-state index contributed by atoms with van der Waals surface area (Å²) >= 11 is 0. The number of hydrogen-bond acceptors (Lipinski definition) is 3. The standard InChI is InChI=1S/C14H15NO3/c16-13-8-4-7-12(18-13)9-10-15-14(17)11-5-2-1-3-6-11/h1-6,8,12H,7,9-10H2,(H,15,17)/t12-/m1/s1. The van der Waals surface area contributed by atoms with E-state index in [4.69, 9.17) is 4.74 Å². The van der Waals surface area contributed by atoms with Gasteiger partial charge in [-0.2, -0.15) is 0 Å². The van der Waals surface area contributed by atoms with E-state index in [9.17, 15) is 9.59 Å². The molecule has 0 saturated heterocycles. The van der Waals surface area contributed by atoms with Crippen LogP contribution in [0.25, 0.3) is 0 Å². The summed E-state index contributed by atoms with van der Waals surface area (Å²) in [5, 5.41) is 2.81. The fourth-order valence-electron chi connectivity index (χ4n) is 1.78. The third-order valence-corrected chi connectivity index (χ3v) is 2.72. The highest BCUT2D eigenvalue weighted by molar-refractivity contribution is 5.94. The van der Waals surface area contributed by atoms with Gasteiger partial charge in [-0.3, -0.25) is 4.79 Å². The smallest absolute Gasteiger partial charge is 0.330 e. The van der Waals surface area contributed by atoms with Crippen molar-refractivity contribution in [1.29, 1.82) is 0 Å². The zero-order valence-electron chi connectivity index (χ0n) is 9.96. The molecule has 0 aromatic heterocycles.